The molecule has 0 radical (unpaired) electrons. The van der Waals surface area contributed by atoms with E-state index in [1.54, 1.807) is 0 Å². The highest BCUT2D eigenvalue weighted by molar-refractivity contribution is 5.94. The molecule has 1 aliphatic heterocycles. The average Bonchev–Trinajstić information content (AvgIpc) is 3.15. The first-order chi connectivity index (χ1) is 14.1. The number of carbonyl (C=O) groups excluding carboxylic acids is 3. The van der Waals surface area contributed by atoms with Crippen molar-refractivity contribution in [2.45, 2.75) is 83.5 Å². The molecule has 1 rings (SSSR count). The zero-order valence-electron chi connectivity index (χ0n) is 18.2. The van der Waals surface area contributed by atoms with Gasteiger partial charge in [-0.3, -0.25) is 14.4 Å². The van der Waals surface area contributed by atoms with E-state index in [9.17, 15) is 24.3 Å². The monoisotopic (exact) mass is 427 g/mol. The van der Waals surface area contributed by atoms with Crippen molar-refractivity contribution in [1.29, 1.82) is 0 Å². The van der Waals surface area contributed by atoms with E-state index >= 15 is 0 Å². The minimum Gasteiger partial charge on any atom is -0.480 e. The van der Waals surface area contributed by atoms with Crippen molar-refractivity contribution in [2.75, 3.05) is 13.1 Å². The van der Waals surface area contributed by atoms with Crippen molar-refractivity contribution in [3.63, 3.8) is 0 Å². The second-order valence-electron chi connectivity index (χ2n) is 8.35. The third-order valence-electron chi connectivity index (χ3n) is 5.14. The van der Waals surface area contributed by atoms with Crippen LogP contribution in [0.4, 0.5) is 0 Å². The maximum absolute atomic E-state index is 13.2. The van der Waals surface area contributed by atoms with Crippen LogP contribution in [0, 0.1) is 5.92 Å². The first kappa shape index (κ1) is 25.8. The SMILES string of the molecule is CC(C)C[C@H](NC(=O)[C@@H]1CCCN1C(=O)[C@H](CCCCN)NC(=O)[C@H](C)N)C(=O)O. The predicted octanol–water partition coefficient (Wildman–Crippen LogP) is -0.446. The predicted molar refractivity (Wildman–Crippen MR) is 112 cm³/mol. The Morgan fingerprint density at radius 2 is 1.77 bits per heavy atom. The zero-order valence-corrected chi connectivity index (χ0v) is 18.2. The van der Waals surface area contributed by atoms with Gasteiger partial charge in [-0.2, -0.15) is 0 Å². The standard InChI is InChI=1S/C20H37N5O5/c1-12(2)11-15(20(29)30)24-18(27)16-8-6-10-25(16)19(28)14(7-4-5-9-21)23-17(26)13(3)22/h12-16H,4-11,21-22H2,1-3H3,(H,23,26)(H,24,27)(H,29,30)/t13-,14-,15-,16-/m0/s1. The molecule has 0 aromatic carbocycles. The number of rotatable bonds is 12. The number of aliphatic carboxylic acids is 1. The lowest BCUT2D eigenvalue weighted by atomic mass is 10.0. The van der Waals surface area contributed by atoms with E-state index in [-0.39, 0.29) is 11.8 Å². The molecule has 3 amide bonds. The second-order valence-corrected chi connectivity index (χ2v) is 8.35. The fraction of sp³-hybridized carbons (Fsp3) is 0.800. The Hall–Kier alpha value is -2.20. The van der Waals surface area contributed by atoms with E-state index in [0.717, 1.165) is 0 Å². The Balaban J connectivity index is 2.90. The van der Waals surface area contributed by atoms with Crippen LogP contribution in [-0.4, -0.2) is 71.0 Å². The second kappa shape index (κ2) is 12.5. The molecule has 172 valence electrons. The number of carboxylic acid groups (broad SMARTS) is 1. The van der Waals surface area contributed by atoms with Gasteiger partial charge in [-0.05, 0) is 57.9 Å². The highest BCUT2D eigenvalue weighted by Crippen LogP contribution is 2.20. The van der Waals surface area contributed by atoms with Gasteiger partial charge in [0.15, 0.2) is 0 Å². The van der Waals surface area contributed by atoms with E-state index < -0.39 is 42.0 Å². The first-order valence-electron chi connectivity index (χ1n) is 10.7. The van der Waals surface area contributed by atoms with Crippen LogP contribution in [0.2, 0.25) is 0 Å². The van der Waals surface area contributed by atoms with E-state index in [2.05, 4.69) is 10.6 Å². The molecule has 0 bridgehead atoms. The minimum absolute atomic E-state index is 0.0908. The van der Waals surface area contributed by atoms with Crippen LogP contribution in [-0.2, 0) is 19.2 Å². The normalized spacial score (nSPS) is 19.3. The van der Waals surface area contributed by atoms with Gasteiger partial charge in [0, 0.05) is 6.54 Å². The number of hydrogen-bond donors (Lipinski definition) is 5. The van der Waals surface area contributed by atoms with Crippen molar-refractivity contribution in [2.24, 2.45) is 17.4 Å². The topological polar surface area (TPSA) is 168 Å². The highest BCUT2D eigenvalue weighted by atomic mass is 16.4. The van der Waals surface area contributed by atoms with Crippen LogP contribution >= 0.6 is 0 Å². The Labute approximate surface area is 178 Å². The fourth-order valence-corrected chi connectivity index (χ4v) is 3.52. The lowest BCUT2D eigenvalue weighted by Crippen LogP contribution is -2.56. The van der Waals surface area contributed by atoms with E-state index in [4.69, 9.17) is 11.5 Å². The van der Waals surface area contributed by atoms with Gasteiger partial charge < -0.3 is 32.1 Å². The lowest BCUT2D eigenvalue weighted by Gasteiger charge is -2.30. The molecule has 1 fully saturated rings. The molecule has 0 aromatic heterocycles. The molecule has 0 aromatic rings. The number of unbranched alkanes of at least 4 members (excludes halogenated alkanes) is 1. The average molecular weight is 428 g/mol. The molecule has 0 saturated carbocycles. The van der Waals surface area contributed by atoms with Crippen LogP contribution < -0.4 is 22.1 Å². The Morgan fingerprint density at radius 1 is 1.10 bits per heavy atom. The van der Waals surface area contributed by atoms with Crippen LogP contribution in [0.25, 0.3) is 0 Å². The van der Waals surface area contributed by atoms with Crippen molar-refractivity contribution in [1.82, 2.24) is 15.5 Å². The number of nitrogens with two attached hydrogens (primary N) is 2. The Kier molecular flexibility index (Phi) is 10.8. The molecule has 1 aliphatic rings. The lowest BCUT2D eigenvalue weighted by molar-refractivity contribution is -0.145. The maximum atomic E-state index is 13.2. The summed E-state index contributed by atoms with van der Waals surface area (Å²) in [6.07, 6.45) is 3.12. The Bertz CT molecular complexity index is 610. The molecule has 4 atom stereocenters. The molecular formula is C20H37N5O5. The summed E-state index contributed by atoms with van der Waals surface area (Å²) in [5.41, 5.74) is 11.1. The summed E-state index contributed by atoms with van der Waals surface area (Å²) in [6.45, 7) is 6.13. The number of carbonyl (C=O) groups is 4. The molecule has 0 spiro atoms. The molecule has 10 heteroatoms. The molecule has 30 heavy (non-hydrogen) atoms. The van der Waals surface area contributed by atoms with Crippen LogP contribution in [0.5, 0.6) is 0 Å². The largest absolute Gasteiger partial charge is 0.480 e. The number of likely N-dealkylation sites (tertiary alicyclic amines) is 1. The third kappa shape index (κ3) is 7.91. The van der Waals surface area contributed by atoms with Crippen LogP contribution in [0.15, 0.2) is 0 Å². The Morgan fingerprint density at radius 3 is 2.30 bits per heavy atom. The maximum Gasteiger partial charge on any atom is 0.326 e. The number of carboxylic acids is 1. The number of amides is 3. The number of nitrogens with one attached hydrogen (secondary N) is 2. The van der Waals surface area contributed by atoms with Crippen molar-refractivity contribution in [3.05, 3.63) is 0 Å². The van der Waals surface area contributed by atoms with E-state index in [0.29, 0.717) is 51.6 Å². The molecule has 1 saturated heterocycles. The summed E-state index contributed by atoms with van der Waals surface area (Å²) in [7, 11) is 0. The van der Waals surface area contributed by atoms with Gasteiger partial charge in [0.1, 0.15) is 18.1 Å². The molecule has 10 nitrogen and oxygen atoms in total. The smallest absolute Gasteiger partial charge is 0.326 e. The zero-order chi connectivity index (χ0) is 22.8. The molecule has 1 heterocycles. The van der Waals surface area contributed by atoms with Crippen molar-refractivity contribution < 1.29 is 24.3 Å². The number of hydrogen-bond acceptors (Lipinski definition) is 6. The summed E-state index contributed by atoms with van der Waals surface area (Å²) in [6, 6.07) is -3.32. The summed E-state index contributed by atoms with van der Waals surface area (Å²) in [5, 5.41) is 14.6. The minimum atomic E-state index is -1.10. The van der Waals surface area contributed by atoms with Gasteiger partial charge in [-0.25, -0.2) is 4.79 Å². The van der Waals surface area contributed by atoms with Gasteiger partial charge >= 0.3 is 5.97 Å². The van der Waals surface area contributed by atoms with Gasteiger partial charge in [0.2, 0.25) is 17.7 Å². The molecular weight excluding hydrogens is 390 g/mol. The van der Waals surface area contributed by atoms with E-state index in [1.807, 2.05) is 13.8 Å². The van der Waals surface area contributed by atoms with Crippen LogP contribution in [0.3, 0.4) is 0 Å². The van der Waals surface area contributed by atoms with Crippen molar-refractivity contribution >= 4 is 23.7 Å². The quantitative estimate of drug-likeness (QED) is 0.263. The molecule has 0 aliphatic carbocycles. The summed E-state index contributed by atoms with van der Waals surface area (Å²) in [4.78, 5) is 50.9. The van der Waals surface area contributed by atoms with Crippen LogP contribution in [0.1, 0.15) is 59.3 Å². The van der Waals surface area contributed by atoms with E-state index in [1.165, 1.54) is 11.8 Å². The first-order valence-corrected chi connectivity index (χ1v) is 10.7. The van der Waals surface area contributed by atoms with Gasteiger partial charge in [-0.1, -0.05) is 13.8 Å². The van der Waals surface area contributed by atoms with Crippen molar-refractivity contribution in [3.8, 4) is 0 Å². The summed E-state index contributed by atoms with van der Waals surface area (Å²) in [5.74, 6) is -2.28. The molecule has 7 N–H and O–H groups in total. The summed E-state index contributed by atoms with van der Waals surface area (Å²) >= 11 is 0. The number of nitrogens with zero attached hydrogens (tertiary/aromatic N) is 1. The van der Waals surface area contributed by atoms with Gasteiger partial charge in [-0.15, -0.1) is 0 Å². The fourth-order valence-electron chi connectivity index (χ4n) is 3.52. The molecule has 0 unspecified atom stereocenters. The highest BCUT2D eigenvalue weighted by Gasteiger charge is 2.38. The third-order valence-corrected chi connectivity index (χ3v) is 5.14. The van der Waals surface area contributed by atoms with Gasteiger partial charge in [0.05, 0.1) is 6.04 Å². The van der Waals surface area contributed by atoms with Gasteiger partial charge in [0.25, 0.3) is 0 Å². The summed E-state index contributed by atoms with van der Waals surface area (Å²) < 4.78 is 0.